The molecule has 1 aliphatic rings. The van der Waals surface area contributed by atoms with Gasteiger partial charge in [-0.1, -0.05) is 26.2 Å². The van der Waals surface area contributed by atoms with Crippen LogP contribution in [0.2, 0.25) is 0 Å². The topological polar surface area (TPSA) is 56.7 Å². The second-order valence-electron chi connectivity index (χ2n) is 5.56. The molecular weight excluding hydrogens is 224 g/mol. The highest BCUT2D eigenvalue weighted by molar-refractivity contribution is 4.92. The Morgan fingerprint density at radius 3 is 3.00 bits per heavy atom. The van der Waals surface area contributed by atoms with Gasteiger partial charge >= 0.3 is 0 Å². The SMILES string of the molecule is CCC1CCCC(C(N)Cc2ncnn2CC)C1. The van der Waals surface area contributed by atoms with Crippen molar-refractivity contribution in [1.82, 2.24) is 14.8 Å². The zero-order valence-electron chi connectivity index (χ0n) is 11.7. The number of hydrogen-bond donors (Lipinski definition) is 1. The Labute approximate surface area is 110 Å². The molecule has 1 aliphatic carbocycles. The first kappa shape index (κ1) is 13.5. The van der Waals surface area contributed by atoms with E-state index in [1.165, 1.54) is 32.1 Å². The van der Waals surface area contributed by atoms with Gasteiger partial charge in [0.05, 0.1) is 0 Å². The molecule has 4 heteroatoms. The molecule has 1 aromatic rings. The summed E-state index contributed by atoms with van der Waals surface area (Å²) >= 11 is 0. The largest absolute Gasteiger partial charge is 0.327 e. The summed E-state index contributed by atoms with van der Waals surface area (Å²) in [4.78, 5) is 4.33. The number of nitrogens with zero attached hydrogens (tertiary/aromatic N) is 3. The van der Waals surface area contributed by atoms with Gasteiger partial charge in [0.1, 0.15) is 12.2 Å². The molecule has 4 nitrogen and oxygen atoms in total. The van der Waals surface area contributed by atoms with E-state index in [-0.39, 0.29) is 6.04 Å². The molecule has 1 saturated carbocycles. The Morgan fingerprint density at radius 2 is 2.28 bits per heavy atom. The summed E-state index contributed by atoms with van der Waals surface area (Å²) in [6, 6.07) is 0.244. The molecule has 1 fully saturated rings. The highest BCUT2D eigenvalue weighted by Gasteiger charge is 2.26. The van der Waals surface area contributed by atoms with Gasteiger partial charge in [0.2, 0.25) is 0 Å². The third-order valence-corrected chi connectivity index (χ3v) is 4.42. The first-order valence-electron chi connectivity index (χ1n) is 7.36. The minimum atomic E-state index is 0.244. The van der Waals surface area contributed by atoms with E-state index in [0.717, 1.165) is 24.7 Å². The lowest BCUT2D eigenvalue weighted by molar-refractivity contribution is 0.226. The van der Waals surface area contributed by atoms with Crippen molar-refractivity contribution in [3.63, 3.8) is 0 Å². The first-order chi connectivity index (χ1) is 8.74. The van der Waals surface area contributed by atoms with Gasteiger partial charge in [0.25, 0.3) is 0 Å². The van der Waals surface area contributed by atoms with Crippen LogP contribution in [0.4, 0.5) is 0 Å². The van der Waals surface area contributed by atoms with Crippen LogP contribution in [0.25, 0.3) is 0 Å². The van der Waals surface area contributed by atoms with Gasteiger partial charge in [-0.15, -0.1) is 0 Å². The lowest BCUT2D eigenvalue weighted by atomic mass is 9.76. The molecule has 0 radical (unpaired) electrons. The molecule has 0 aliphatic heterocycles. The molecule has 0 bridgehead atoms. The minimum Gasteiger partial charge on any atom is -0.327 e. The van der Waals surface area contributed by atoms with E-state index in [1.54, 1.807) is 6.33 Å². The van der Waals surface area contributed by atoms with Crippen molar-refractivity contribution >= 4 is 0 Å². The first-order valence-corrected chi connectivity index (χ1v) is 7.36. The van der Waals surface area contributed by atoms with Gasteiger partial charge in [-0.25, -0.2) is 4.98 Å². The van der Waals surface area contributed by atoms with E-state index in [9.17, 15) is 0 Å². The number of aryl methyl sites for hydroxylation is 1. The average molecular weight is 250 g/mol. The lowest BCUT2D eigenvalue weighted by Gasteiger charge is -2.32. The molecular formula is C14H26N4. The molecule has 1 heterocycles. The number of hydrogen-bond acceptors (Lipinski definition) is 3. The van der Waals surface area contributed by atoms with Crippen molar-refractivity contribution in [1.29, 1.82) is 0 Å². The quantitative estimate of drug-likeness (QED) is 0.873. The van der Waals surface area contributed by atoms with E-state index in [1.807, 2.05) is 4.68 Å². The van der Waals surface area contributed by atoms with Crippen LogP contribution in [0.1, 0.15) is 51.8 Å². The molecule has 0 amide bonds. The second kappa shape index (κ2) is 6.32. The summed E-state index contributed by atoms with van der Waals surface area (Å²) in [7, 11) is 0. The Bertz CT molecular complexity index is 360. The molecule has 18 heavy (non-hydrogen) atoms. The van der Waals surface area contributed by atoms with Crippen molar-refractivity contribution in [2.45, 2.75) is 65.0 Å². The maximum Gasteiger partial charge on any atom is 0.138 e. The minimum absolute atomic E-state index is 0.244. The summed E-state index contributed by atoms with van der Waals surface area (Å²) in [6.45, 7) is 5.27. The lowest BCUT2D eigenvalue weighted by Crippen LogP contribution is -2.36. The maximum atomic E-state index is 6.40. The van der Waals surface area contributed by atoms with Crippen molar-refractivity contribution in [2.75, 3.05) is 0 Å². The van der Waals surface area contributed by atoms with E-state index < -0.39 is 0 Å². The summed E-state index contributed by atoms with van der Waals surface area (Å²) in [5.41, 5.74) is 6.40. The molecule has 3 atom stereocenters. The van der Waals surface area contributed by atoms with Crippen LogP contribution in [-0.4, -0.2) is 20.8 Å². The summed E-state index contributed by atoms with van der Waals surface area (Å²) in [6.07, 6.45) is 9.14. The summed E-state index contributed by atoms with van der Waals surface area (Å²) in [5, 5.41) is 4.21. The zero-order chi connectivity index (χ0) is 13.0. The molecule has 2 N–H and O–H groups in total. The van der Waals surface area contributed by atoms with Crippen molar-refractivity contribution in [2.24, 2.45) is 17.6 Å². The highest BCUT2D eigenvalue weighted by Crippen LogP contribution is 2.32. The van der Waals surface area contributed by atoms with Crippen LogP contribution in [0.15, 0.2) is 6.33 Å². The fourth-order valence-corrected chi connectivity index (χ4v) is 3.18. The van der Waals surface area contributed by atoms with Crippen LogP contribution in [0.5, 0.6) is 0 Å². The molecule has 2 rings (SSSR count). The third kappa shape index (κ3) is 3.10. The fourth-order valence-electron chi connectivity index (χ4n) is 3.18. The van der Waals surface area contributed by atoms with Gasteiger partial charge < -0.3 is 5.73 Å². The van der Waals surface area contributed by atoms with Crippen molar-refractivity contribution < 1.29 is 0 Å². The number of aromatic nitrogens is 3. The second-order valence-corrected chi connectivity index (χ2v) is 5.56. The van der Waals surface area contributed by atoms with E-state index in [2.05, 4.69) is 23.9 Å². The molecule has 0 spiro atoms. The summed E-state index contributed by atoms with van der Waals surface area (Å²) in [5.74, 6) is 2.60. The Hall–Kier alpha value is -0.900. The molecule has 3 unspecified atom stereocenters. The monoisotopic (exact) mass is 250 g/mol. The molecule has 0 saturated heterocycles. The van der Waals surface area contributed by atoms with Crippen molar-refractivity contribution in [3.8, 4) is 0 Å². The predicted octanol–water partition coefficient (Wildman–Crippen LogP) is 2.38. The van der Waals surface area contributed by atoms with Crippen LogP contribution in [0, 0.1) is 11.8 Å². The van der Waals surface area contributed by atoms with Gasteiger partial charge in [-0.3, -0.25) is 4.68 Å². The Kier molecular flexibility index (Phi) is 4.75. The fraction of sp³-hybridized carbons (Fsp3) is 0.857. The van der Waals surface area contributed by atoms with E-state index in [4.69, 9.17) is 5.73 Å². The Balaban J connectivity index is 1.93. The molecule has 1 aromatic heterocycles. The average Bonchev–Trinajstić information content (AvgIpc) is 2.86. The predicted molar refractivity (Wildman–Crippen MR) is 73.1 cm³/mol. The van der Waals surface area contributed by atoms with Gasteiger partial charge in [0, 0.05) is 19.0 Å². The van der Waals surface area contributed by atoms with E-state index >= 15 is 0 Å². The van der Waals surface area contributed by atoms with E-state index in [0.29, 0.717) is 5.92 Å². The van der Waals surface area contributed by atoms with Gasteiger partial charge in [-0.2, -0.15) is 5.10 Å². The van der Waals surface area contributed by atoms with Crippen LogP contribution in [-0.2, 0) is 13.0 Å². The molecule has 0 aromatic carbocycles. The smallest absolute Gasteiger partial charge is 0.138 e. The normalized spacial score (nSPS) is 26.2. The summed E-state index contributed by atoms with van der Waals surface area (Å²) < 4.78 is 1.96. The van der Waals surface area contributed by atoms with Crippen LogP contribution >= 0.6 is 0 Å². The van der Waals surface area contributed by atoms with Crippen LogP contribution < -0.4 is 5.73 Å². The third-order valence-electron chi connectivity index (χ3n) is 4.42. The Morgan fingerprint density at radius 1 is 1.44 bits per heavy atom. The zero-order valence-corrected chi connectivity index (χ0v) is 11.7. The molecule has 102 valence electrons. The van der Waals surface area contributed by atoms with Crippen molar-refractivity contribution in [3.05, 3.63) is 12.2 Å². The van der Waals surface area contributed by atoms with Gasteiger partial charge in [-0.05, 0) is 31.6 Å². The highest BCUT2D eigenvalue weighted by atomic mass is 15.3. The number of rotatable bonds is 5. The van der Waals surface area contributed by atoms with Gasteiger partial charge in [0.15, 0.2) is 0 Å². The standard InChI is InChI=1S/C14H26N4/c1-3-11-6-5-7-12(8-11)13(15)9-14-16-10-17-18(14)4-2/h10-13H,3-9,15H2,1-2H3. The maximum absolute atomic E-state index is 6.40. The van der Waals surface area contributed by atoms with Crippen LogP contribution in [0.3, 0.4) is 0 Å². The number of nitrogens with two attached hydrogens (primary N) is 1.